The summed E-state index contributed by atoms with van der Waals surface area (Å²) in [7, 11) is 6.70. The summed E-state index contributed by atoms with van der Waals surface area (Å²) in [5.41, 5.74) is 23.3. The summed E-state index contributed by atoms with van der Waals surface area (Å²) in [5, 5.41) is 1.77. The average molecular weight is 1760 g/mol. The van der Waals surface area contributed by atoms with Crippen LogP contribution in [0.15, 0.2) is 170 Å². The number of aromatic nitrogens is 6. The van der Waals surface area contributed by atoms with E-state index in [9.17, 15) is 0 Å². The van der Waals surface area contributed by atoms with Crippen molar-refractivity contribution in [1.29, 1.82) is 0 Å². The normalized spacial score (nSPS) is 17.1. The van der Waals surface area contributed by atoms with Gasteiger partial charge in [0.15, 0.2) is 22.8 Å². The van der Waals surface area contributed by atoms with Crippen LogP contribution in [0.4, 0.5) is 9.59 Å². The molecule has 0 atom stereocenters. The Hall–Kier alpha value is -12.8. The van der Waals surface area contributed by atoms with Gasteiger partial charge in [-0.05, 0) is 169 Å². The Morgan fingerprint density at radius 2 is 0.568 bits per heavy atom. The quantitative estimate of drug-likeness (QED) is 0.134. The van der Waals surface area contributed by atoms with Gasteiger partial charge >= 0.3 is 12.1 Å². The molecular formula is C116H126N10O6. The first-order valence-corrected chi connectivity index (χ1v) is 46.7. The molecule has 13 aromatic rings. The van der Waals surface area contributed by atoms with Gasteiger partial charge in [-0.3, -0.25) is 19.6 Å². The number of nitrogens with zero attached hydrogens (tertiary/aromatic N) is 8. The predicted molar refractivity (Wildman–Crippen MR) is 540 cm³/mol. The second-order valence-corrected chi connectivity index (χ2v) is 45.5. The number of carbonyl (C=O) groups is 2. The Kier molecular flexibility index (Phi) is 20.3. The summed E-state index contributed by atoms with van der Waals surface area (Å²) in [6, 6.07) is 60.6. The van der Waals surface area contributed by atoms with Crippen LogP contribution in [0, 0.1) is 0 Å². The number of ether oxygens (including phenoxy) is 4. The number of fused-ring (bicyclic) bond motifs is 13. The molecule has 6 aliphatic rings. The first-order chi connectivity index (χ1) is 62.1. The zero-order chi connectivity index (χ0) is 94.1. The minimum absolute atomic E-state index is 0.0367. The number of hydrogen-bond donors (Lipinski definition) is 2. The molecule has 4 aromatic heterocycles. The van der Waals surface area contributed by atoms with Gasteiger partial charge in [0.25, 0.3) is 0 Å². The number of hydrogen-bond acceptors (Lipinski definition) is 10. The van der Waals surface area contributed by atoms with Crippen LogP contribution in [0.25, 0.3) is 124 Å². The number of methoxy groups -OCH3 is 4. The highest BCUT2D eigenvalue weighted by atomic mass is 16.5. The molecule has 0 saturated carbocycles. The molecule has 16 nitrogen and oxygen atoms in total. The number of aromatic amines is 2. The Morgan fingerprint density at radius 3 is 0.841 bits per heavy atom. The van der Waals surface area contributed by atoms with Crippen molar-refractivity contribution >= 4 is 91.3 Å². The molecule has 8 bridgehead atoms. The van der Waals surface area contributed by atoms with E-state index in [1.165, 1.54) is 22.3 Å². The molecule has 2 saturated heterocycles. The summed E-state index contributed by atoms with van der Waals surface area (Å²) in [5.74, 6) is 1.93. The van der Waals surface area contributed by atoms with Crippen LogP contribution in [-0.2, 0) is 80.8 Å². The average Bonchev–Trinajstić information content (AvgIpc) is 1.46. The number of carbonyl (C=O) groups excluding carboxylic acids is 2. The monoisotopic (exact) mass is 1750 g/mol. The minimum atomic E-state index is -1.64. The molecule has 6 aliphatic heterocycles. The number of H-pyrrole nitrogens is 2. The van der Waals surface area contributed by atoms with Gasteiger partial charge in [-0.1, -0.05) is 312 Å². The van der Waals surface area contributed by atoms with Crippen molar-refractivity contribution in [3.05, 3.63) is 271 Å². The lowest BCUT2D eigenvalue weighted by atomic mass is 9.78. The van der Waals surface area contributed by atoms with Crippen molar-refractivity contribution in [2.45, 2.75) is 247 Å². The van der Waals surface area contributed by atoms with E-state index in [-0.39, 0.29) is 81.6 Å². The number of benzene rings is 9. The van der Waals surface area contributed by atoms with Gasteiger partial charge in [-0.2, -0.15) is 0 Å². The molecule has 19 rings (SSSR count). The highest BCUT2D eigenvalue weighted by molar-refractivity contribution is 6.16. The first-order valence-electron chi connectivity index (χ1n) is 46.7. The predicted octanol–water partition coefficient (Wildman–Crippen LogP) is 27.9. The zero-order valence-corrected chi connectivity index (χ0v) is 82.3. The molecule has 0 radical (unpaired) electrons. The number of urea groups is 2. The topological polar surface area (TPSA) is 167 Å². The van der Waals surface area contributed by atoms with Crippen LogP contribution in [0.5, 0.6) is 23.0 Å². The van der Waals surface area contributed by atoms with Crippen molar-refractivity contribution in [3.63, 3.8) is 0 Å². The number of rotatable bonds is 10. The van der Waals surface area contributed by atoms with E-state index in [1.54, 1.807) is 28.4 Å². The van der Waals surface area contributed by atoms with Crippen molar-refractivity contribution in [2.24, 2.45) is 0 Å². The second-order valence-electron chi connectivity index (χ2n) is 45.5. The Morgan fingerprint density at radius 1 is 0.295 bits per heavy atom. The first kappa shape index (κ1) is 88.5. The summed E-state index contributed by atoms with van der Waals surface area (Å²) >= 11 is 0. The summed E-state index contributed by atoms with van der Waals surface area (Å²) < 4.78 is 27.1. The van der Waals surface area contributed by atoms with E-state index in [4.69, 9.17) is 38.9 Å². The van der Waals surface area contributed by atoms with Crippen LogP contribution >= 0.6 is 0 Å². The molecule has 676 valence electrons. The standard InChI is InChI=1S/C116H126N10O6/c1-107(2,3)72-49-66(50-73(57-72)108(4,5)6)93-84-41-42-85(117-84)94(67-51-74(109(7,8)9)58-75(52-67)110(10,11)12)87-44-46-89(119-87)96(69-55-78(113(19,20)21)60-79(56-69)114(22,23)24)98-100-99(97(120-98)95(88-45-43-86(93)118-88)68-53-76(111(13,14)15)59-77(54-68)112(16,17)18)121-101-102(122-100)104(132-28)81-62-124-106(128)126-64-83-91(130-26)48-40-65-39-47-90(129-25)82(92(65)83)63-125-105(127)123(61-80(81)103(101)131-27)115(124,70-35-31-29-32-36-70)116(125,126)71-37-33-30-34-38-71/h29-60,117,120H,61-64H2,1-28H3. The Labute approximate surface area is 778 Å². The molecule has 2 N–H and O–H groups in total. The van der Waals surface area contributed by atoms with Crippen molar-refractivity contribution in [1.82, 2.24) is 49.5 Å². The van der Waals surface area contributed by atoms with E-state index in [0.29, 0.717) is 78.6 Å². The number of amides is 4. The van der Waals surface area contributed by atoms with Crippen molar-refractivity contribution in [3.8, 4) is 67.5 Å². The molecule has 0 unspecified atom stereocenters. The molecular weight excluding hydrogens is 1630 g/mol. The van der Waals surface area contributed by atoms with E-state index in [0.717, 1.165) is 122 Å². The second kappa shape index (κ2) is 30.4. The molecule has 9 aromatic carbocycles. The van der Waals surface area contributed by atoms with E-state index in [1.807, 2.05) is 80.3 Å². The van der Waals surface area contributed by atoms with E-state index >= 15 is 9.59 Å². The third-order valence-electron chi connectivity index (χ3n) is 28.6. The maximum absolute atomic E-state index is 17.6. The lowest BCUT2D eigenvalue weighted by Crippen LogP contribution is -2.63. The van der Waals surface area contributed by atoms with Gasteiger partial charge < -0.3 is 28.9 Å². The van der Waals surface area contributed by atoms with Gasteiger partial charge in [0.2, 0.25) is 0 Å². The fourth-order valence-corrected chi connectivity index (χ4v) is 21.1. The maximum Gasteiger partial charge on any atom is 0.325 e. The zero-order valence-electron chi connectivity index (χ0n) is 82.3. The van der Waals surface area contributed by atoms with Gasteiger partial charge in [0, 0.05) is 66.7 Å². The number of nitrogens with one attached hydrogen (secondary N) is 2. The highest BCUT2D eigenvalue weighted by Crippen LogP contribution is 2.67. The Bertz CT molecular complexity index is 6780. The molecule has 16 heteroatoms. The van der Waals surface area contributed by atoms with E-state index in [2.05, 4.69) is 310 Å². The molecule has 2 fully saturated rings. The van der Waals surface area contributed by atoms with Gasteiger partial charge in [0.05, 0.1) is 88.4 Å². The molecule has 0 aliphatic carbocycles. The van der Waals surface area contributed by atoms with E-state index < -0.39 is 11.3 Å². The van der Waals surface area contributed by atoms with Gasteiger partial charge in [-0.15, -0.1) is 0 Å². The SMILES string of the molecule is COc1ccc2ccc(OC)c3c2c1CN1C(=O)N2Cc4c(c(OC)c5nc6c7[nH]c(c(-c8cc(C(C)(C)C)cc(C(C)(C)C)c8)c8nc(c(-c9cc(C(C)(C)C)cc(C(C)(C)C)c9)c9ccc([nH]9)c(-c9cc(C(C)(C)C)cc(C(C)(C)C)c9)c9nc(c7-c7cc(C(C)(C)C)cc(C(C)(C)C)c7)C=C9)C=C8)c6nc5c4OC)CN4C(=O)N(C3)C1(c1ccccc1)C24c1ccccc1. The summed E-state index contributed by atoms with van der Waals surface area (Å²) in [6.45, 7) is 55.0. The third kappa shape index (κ3) is 13.9. The fourth-order valence-electron chi connectivity index (χ4n) is 21.1. The van der Waals surface area contributed by atoms with Crippen LogP contribution < -0.4 is 18.9 Å². The molecule has 10 heterocycles. The van der Waals surface area contributed by atoms with Crippen molar-refractivity contribution in [2.75, 3.05) is 28.4 Å². The molecule has 4 amide bonds. The molecule has 132 heavy (non-hydrogen) atoms. The van der Waals surface area contributed by atoms with Crippen LogP contribution in [0.3, 0.4) is 0 Å². The van der Waals surface area contributed by atoms with Crippen LogP contribution in [0.1, 0.15) is 267 Å². The minimum Gasteiger partial charge on any atom is -0.496 e. The van der Waals surface area contributed by atoms with Crippen LogP contribution in [0.2, 0.25) is 0 Å². The third-order valence-corrected chi connectivity index (χ3v) is 28.6. The summed E-state index contributed by atoms with van der Waals surface area (Å²) in [4.78, 5) is 76.3. The fraction of sp³-hybridized carbons (Fsp3) is 0.362. The summed E-state index contributed by atoms with van der Waals surface area (Å²) in [6.07, 6.45) is 8.82. The smallest absolute Gasteiger partial charge is 0.325 e. The van der Waals surface area contributed by atoms with Crippen LogP contribution in [-0.4, -0.2) is 90.0 Å². The maximum atomic E-state index is 17.6. The Balaban J connectivity index is 1.03. The largest absolute Gasteiger partial charge is 0.496 e. The van der Waals surface area contributed by atoms with Gasteiger partial charge in [0.1, 0.15) is 33.6 Å². The molecule has 0 spiro atoms. The lowest BCUT2D eigenvalue weighted by molar-refractivity contribution is -0.0831. The highest BCUT2D eigenvalue weighted by Gasteiger charge is 2.81. The lowest BCUT2D eigenvalue weighted by Gasteiger charge is -2.50. The van der Waals surface area contributed by atoms with Gasteiger partial charge in [-0.25, -0.2) is 29.5 Å². The van der Waals surface area contributed by atoms with Crippen molar-refractivity contribution < 1.29 is 28.5 Å².